The van der Waals surface area contributed by atoms with Crippen molar-refractivity contribution in [1.29, 1.82) is 0 Å². The fraction of sp³-hybridized carbons (Fsp3) is 0.571. The van der Waals surface area contributed by atoms with Crippen molar-refractivity contribution in [3.05, 3.63) is 29.6 Å². The summed E-state index contributed by atoms with van der Waals surface area (Å²) >= 11 is 0. The summed E-state index contributed by atoms with van der Waals surface area (Å²) in [5.41, 5.74) is 0.550. The summed E-state index contributed by atoms with van der Waals surface area (Å²) in [6.07, 6.45) is 2.59. The zero-order chi connectivity index (χ0) is 13.0. The lowest BCUT2D eigenvalue weighted by Gasteiger charge is -2.22. The number of halogens is 1. The van der Waals surface area contributed by atoms with Gasteiger partial charge in [0.25, 0.3) is 0 Å². The second-order valence-electron chi connectivity index (χ2n) is 4.67. The Morgan fingerprint density at radius 2 is 2.33 bits per heavy atom. The van der Waals surface area contributed by atoms with Crippen LogP contribution in [0.15, 0.2) is 18.2 Å². The molecule has 2 atom stereocenters. The van der Waals surface area contributed by atoms with E-state index in [1.807, 2.05) is 0 Å². The van der Waals surface area contributed by atoms with Crippen molar-refractivity contribution in [3.8, 4) is 5.75 Å². The van der Waals surface area contributed by atoms with Gasteiger partial charge in [0.2, 0.25) is 0 Å². The second-order valence-corrected chi connectivity index (χ2v) is 4.67. The van der Waals surface area contributed by atoms with Crippen LogP contribution < -0.4 is 4.74 Å². The Kier molecular flexibility index (Phi) is 4.55. The van der Waals surface area contributed by atoms with Crippen LogP contribution in [0.4, 0.5) is 4.39 Å². The quantitative estimate of drug-likeness (QED) is 0.898. The van der Waals surface area contributed by atoms with Crippen molar-refractivity contribution in [1.82, 2.24) is 0 Å². The lowest BCUT2D eigenvalue weighted by molar-refractivity contribution is -0.0117. The number of rotatable bonds is 4. The maximum Gasteiger partial charge on any atom is 0.165 e. The third-order valence-corrected chi connectivity index (χ3v) is 3.14. The molecular formula is C14H19FO3. The summed E-state index contributed by atoms with van der Waals surface area (Å²) in [4.78, 5) is 0. The lowest BCUT2D eigenvalue weighted by atomic mass is 10.1. The molecule has 1 aromatic rings. The van der Waals surface area contributed by atoms with Crippen molar-refractivity contribution in [2.45, 2.75) is 38.4 Å². The molecule has 3 nitrogen and oxygen atoms in total. The molecular weight excluding hydrogens is 235 g/mol. The van der Waals surface area contributed by atoms with Gasteiger partial charge in [-0.15, -0.1) is 0 Å². The van der Waals surface area contributed by atoms with E-state index in [-0.39, 0.29) is 11.9 Å². The minimum atomic E-state index is -0.671. The van der Waals surface area contributed by atoms with Crippen LogP contribution in [0.25, 0.3) is 0 Å². The summed E-state index contributed by atoms with van der Waals surface area (Å²) in [6.45, 7) is 2.74. The zero-order valence-electron chi connectivity index (χ0n) is 10.6. The Hall–Kier alpha value is -1.13. The van der Waals surface area contributed by atoms with E-state index in [4.69, 9.17) is 9.47 Å². The van der Waals surface area contributed by atoms with Gasteiger partial charge < -0.3 is 14.6 Å². The van der Waals surface area contributed by atoms with Gasteiger partial charge in [0, 0.05) is 6.61 Å². The van der Waals surface area contributed by atoms with Gasteiger partial charge in [-0.3, -0.25) is 0 Å². The fourth-order valence-corrected chi connectivity index (χ4v) is 2.02. The molecule has 4 heteroatoms. The van der Waals surface area contributed by atoms with Gasteiger partial charge in [0.05, 0.1) is 12.2 Å². The molecule has 1 aliphatic rings. The lowest BCUT2D eigenvalue weighted by Crippen LogP contribution is -2.26. The van der Waals surface area contributed by atoms with Crippen LogP contribution in [0.1, 0.15) is 37.9 Å². The minimum absolute atomic E-state index is 0.0644. The SMILES string of the molecule is C[C@@H](O)c1ccc(OCC2CCCCO2)c(F)c1. The molecule has 0 radical (unpaired) electrons. The molecule has 0 bridgehead atoms. The summed E-state index contributed by atoms with van der Waals surface area (Å²) in [6, 6.07) is 4.53. The first-order valence-electron chi connectivity index (χ1n) is 6.38. The third-order valence-electron chi connectivity index (χ3n) is 3.14. The first kappa shape index (κ1) is 13.3. The predicted octanol–water partition coefficient (Wildman–Crippen LogP) is 2.83. The van der Waals surface area contributed by atoms with Crippen LogP contribution in [0.5, 0.6) is 5.75 Å². The monoisotopic (exact) mass is 254 g/mol. The highest BCUT2D eigenvalue weighted by atomic mass is 19.1. The number of benzene rings is 1. The molecule has 1 aromatic carbocycles. The molecule has 0 aromatic heterocycles. The Balaban J connectivity index is 1.92. The van der Waals surface area contributed by atoms with Crippen LogP contribution in [0, 0.1) is 5.82 Å². The van der Waals surface area contributed by atoms with E-state index in [0.717, 1.165) is 25.9 Å². The molecule has 1 aliphatic heterocycles. The highest BCUT2D eigenvalue weighted by Crippen LogP contribution is 2.23. The van der Waals surface area contributed by atoms with Gasteiger partial charge in [0.1, 0.15) is 6.61 Å². The molecule has 1 unspecified atom stereocenters. The van der Waals surface area contributed by atoms with Crippen LogP contribution in [0.2, 0.25) is 0 Å². The van der Waals surface area contributed by atoms with Crippen molar-refractivity contribution in [2.75, 3.05) is 13.2 Å². The normalized spacial score (nSPS) is 21.6. The summed E-state index contributed by atoms with van der Waals surface area (Å²) in [5, 5.41) is 9.35. The van der Waals surface area contributed by atoms with Crippen LogP contribution in [-0.4, -0.2) is 24.4 Å². The second kappa shape index (κ2) is 6.16. The maximum atomic E-state index is 13.7. The van der Waals surface area contributed by atoms with E-state index in [1.54, 1.807) is 19.1 Å². The molecule has 2 rings (SSSR count). The van der Waals surface area contributed by atoms with E-state index in [2.05, 4.69) is 0 Å². The van der Waals surface area contributed by atoms with E-state index in [1.165, 1.54) is 6.07 Å². The minimum Gasteiger partial charge on any atom is -0.488 e. The van der Waals surface area contributed by atoms with Crippen molar-refractivity contribution in [2.24, 2.45) is 0 Å². The molecule has 18 heavy (non-hydrogen) atoms. The number of aliphatic hydroxyl groups excluding tert-OH is 1. The van der Waals surface area contributed by atoms with Crippen LogP contribution in [0.3, 0.4) is 0 Å². The van der Waals surface area contributed by atoms with Crippen molar-refractivity contribution in [3.63, 3.8) is 0 Å². The molecule has 0 spiro atoms. The summed E-state index contributed by atoms with van der Waals surface area (Å²) in [5.74, 6) is -0.224. The van der Waals surface area contributed by atoms with E-state index >= 15 is 0 Å². The Morgan fingerprint density at radius 3 is 2.94 bits per heavy atom. The van der Waals surface area contributed by atoms with Gasteiger partial charge in [-0.1, -0.05) is 6.07 Å². The molecule has 1 fully saturated rings. The van der Waals surface area contributed by atoms with Gasteiger partial charge in [0.15, 0.2) is 11.6 Å². The third kappa shape index (κ3) is 3.43. The molecule has 0 saturated carbocycles. The highest BCUT2D eigenvalue weighted by molar-refractivity contribution is 5.30. The van der Waals surface area contributed by atoms with Crippen molar-refractivity contribution >= 4 is 0 Å². The van der Waals surface area contributed by atoms with E-state index in [0.29, 0.717) is 12.2 Å². The van der Waals surface area contributed by atoms with Gasteiger partial charge >= 0.3 is 0 Å². The summed E-state index contributed by atoms with van der Waals surface area (Å²) in [7, 11) is 0. The number of hydrogen-bond donors (Lipinski definition) is 1. The Morgan fingerprint density at radius 1 is 1.50 bits per heavy atom. The molecule has 0 aliphatic carbocycles. The molecule has 1 N–H and O–H groups in total. The molecule has 1 heterocycles. The van der Waals surface area contributed by atoms with Gasteiger partial charge in [-0.25, -0.2) is 4.39 Å². The largest absolute Gasteiger partial charge is 0.488 e. The van der Waals surface area contributed by atoms with Crippen molar-refractivity contribution < 1.29 is 19.0 Å². The Bertz CT molecular complexity index is 387. The number of hydrogen-bond acceptors (Lipinski definition) is 3. The Labute approximate surface area is 107 Å². The average molecular weight is 254 g/mol. The summed E-state index contributed by atoms with van der Waals surface area (Å²) < 4.78 is 24.6. The zero-order valence-corrected chi connectivity index (χ0v) is 10.6. The van der Waals surface area contributed by atoms with Crippen LogP contribution >= 0.6 is 0 Å². The van der Waals surface area contributed by atoms with E-state index < -0.39 is 11.9 Å². The fourth-order valence-electron chi connectivity index (χ4n) is 2.02. The van der Waals surface area contributed by atoms with E-state index in [9.17, 15) is 9.50 Å². The van der Waals surface area contributed by atoms with Crippen LogP contribution in [-0.2, 0) is 4.74 Å². The maximum absolute atomic E-state index is 13.7. The predicted molar refractivity (Wildman–Crippen MR) is 66.1 cm³/mol. The molecule has 1 saturated heterocycles. The first-order valence-corrected chi connectivity index (χ1v) is 6.38. The standard InChI is InChI=1S/C14H19FO3/c1-10(16)11-5-6-14(13(15)8-11)18-9-12-4-2-3-7-17-12/h5-6,8,10,12,16H,2-4,7,9H2,1H3/t10-,12?/m1/s1. The van der Waals surface area contributed by atoms with Gasteiger partial charge in [-0.2, -0.15) is 0 Å². The smallest absolute Gasteiger partial charge is 0.165 e. The molecule has 0 amide bonds. The first-order chi connectivity index (χ1) is 8.66. The average Bonchev–Trinajstić information content (AvgIpc) is 2.38. The topological polar surface area (TPSA) is 38.7 Å². The van der Waals surface area contributed by atoms with Gasteiger partial charge in [-0.05, 0) is 43.9 Å². The number of aliphatic hydroxyl groups is 1. The highest BCUT2D eigenvalue weighted by Gasteiger charge is 2.15. The number of ether oxygens (including phenoxy) is 2. The molecule has 100 valence electrons.